The number of thioether (sulfide) groups is 1. The van der Waals surface area contributed by atoms with Gasteiger partial charge in [-0.1, -0.05) is 24.3 Å². The van der Waals surface area contributed by atoms with Gasteiger partial charge in [-0.05, 0) is 37.2 Å². The Morgan fingerprint density at radius 3 is 2.62 bits per heavy atom. The molecule has 1 unspecified atom stereocenters. The van der Waals surface area contributed by atoms with E-state index in [2.05, 4.69) is 40.6 Å². The molecule has 3 nitrogen and oxygen atoms in total. The lowest BCUT2D eigenvalue weighted by atomic mass is 10.2. The van der Waals surface area contributed by atoms with Gasteiger partial charge in [0.25, 0.3) is 0 Å². The summed E-state index contributed by atoms with van der Waals surface area (Å²) >= 11 is 1.83. The number of pyridine rings is 1. The zero-order valence-corrected chi connectivity index (χ0v) is 13.1. The molecule has 0 aliphatic carbocycles. The molecule has 0 aliphatic rings. The molecule has 1 aromatic carbocycles. The molecule has 3 N–H and O–H groups in total. The maximum atomic E-state index is 6.14. The summed E-state index contributed by atoms with van der Waals surface area (Å²) in [6.45, 7) is 1.92. The minimum atomic E-state index is 0.234. The molecule has 2 rings (SSSR count). The third kappa shape index (κ3) is 6.76. The number of hydrogen-bond acceptors (Lipinski definition) is 4. The van der Waals surface area contributed by atoms with Gasteiger partial charge in [-0.25, -0.2) is 0 Å². The van der Waals surface area contributed by atoms with Crippen LogP contribution in [0.4, 0.5) is 0 Å². The van der Waals surface area contributed by atoms with Gasteiger partial charge in [0.15, 0.2) is 0 Å². The Kier molecular flexibility index (Phi) is 7.29. The fourth-order valence-electron chi connectivity index (χ4n) is 1.98. The summed E-state index contributed by atoms with van der Waals surface area (Å²) in [6.07, 6.45) is 3.81. The first-order chi connectivity index (χ1) is 10.3. The fourth-order valence-corrected chi connectivity index (χ4v) is 2.90. The highest BCUT2D eigenvalue weighted by Gasteiger charge is 2.03. The van der Waals surface area contributed by atoms with Gasteiger partial charge in [-0.15, -0.1) is 11.8 Å². The Morgan fingerprint density at radius 2 is 1.86 bits per heavy atom. The molecule has 0 radical (unpaired) electrons. The highest BCUT2D eigenvalue weighted by atomic mass is 32.2. The summed E-state index contributed by atoms with van der Waals surface area (Å²) in [5, 5.41) is 3.43. The first kappa shape index (κ1) is 16.0. The Morgan fingerprint density at radius 1 is 1.05 bits per heavy atom. The second kappa shape index (κ2) is 9.55. The van der Waals surface area contributed by atoms with Crippen molar-refractivity contribution < 1.29 is 0 Å². The molecule has 0 amide bonds. The van der Waals surface area contributed by atoms with Crippen LogP contribution in [0.1, 0.15) is 12.1 Å². The Balaban J connectivity index is 1.52. The Hall–Kier alpha value is -1.36. The predicted molar refractivity (Wildman–Crippen MR) is 90.6 cm³/mol. The molecule has 0 saturated carbocycles. The van der Waals surface area contributed by atoms with Gasteiger partial charge in [-0.3, -0.25) is 4.98 Å². The van der Waals surface area contributed by atoms with Crippen LogP contribution in [0.3, 0.4) is 0 Å². The van der Waals surface area contributed by atoms with Crippen LogP contribution in [0, 0.1) is 0 Å². The van der Waals surface area contributed by atoms with E-state index in [4.69, 9.17) is 5.73 Å². The molecule has 0 bridgehead atoms. The highest BCUT2D eigenvalue weighted by Crippen LogP contribution is 2.17. The Bertz CT molecular complexity index is 490. The maximum absolute atomic E-state index is 6.14. The molecule has 21 heavy (non-hydrogen) atoms. The predicted octanol–water partition coefficient (Wildman–Crippen LogP) is 2.72. The molecule has 1 heterocycles. The van der Waals surface area contributed by atoms with Crippen LogP contribution in [0.5, 0.6) is 0 Å². The van der Waals surface area contributed by atoms with Crippen LogP contribution in [0.25, 0.3) is 0 Å². The first-order valence-corrected chi connectivity index (χ1v) is 8.37. The van der Waals surface area contributed by atoms with E-state index < -0.39 is 0 Å². The molecular weight excluding hydrogens is 278 g/mol. The van der Waals surface area contributed by atoms with Gasteiger partial charge < -0.3 is 11.1 Å². The summed E-state index contributed by atoms with van der Waals surface area (Å²) in [7, 11) is 0. The van der Waals surface area contributed by atoms with E-state index in [1.807, 2.05) is 36.2 Å². The van der Waals surface area contributed by atoms with Gasteiger partial charge in [0.1, 0.15) is 0 Å². The smallest absolute Gasteiger partial charge is 0.0416 e. The van der Waals surface area contributed by atoms with Gasteiger partial charge in [0, 0.05) is 41.5 Å². The molecule has 4 heteroatoms. The van der Waals surface area contributed by atoms with Crippen molar-refractivity contribution in [3.8, 4) is 0 Å². The molecule has 2 aromatic rings. The number of nitrogens with two attached hydrogens (primary N) is 1. The normalized spacial score (nSPS) is 12.2. The van der Waals surface area contributed by atoms with Crippen LogP contribution in [-0.4, -0.2) is 29.9 Å². The lowest BCUT2D eigenvalue weighted by molar-refractivity contribution is 0.592. The van der Waals surface area contributed by atoms with Crippen molar-refractivity contribution in [1.29, 1.82) is 0 Å². The van der Waals surface area contributed by atoms with E-state index >= 15 is 0 Å². The molecular formula is C17H23N3S. The van der Waals surface area contributed by atoms with Crippen LogP contribution in [0.2, 0.25) is 0 Å². The third-order valence-corrected chi connectivity index (χ3v) is 4.38. The van der Waals surface area contributed by atoms with Crippen LogP contribution in [0.15, 0.2) is 59.6 Å². The average Bonchev–Trinajstić information content (AvgIpc) is 2.54. The summed E-state index contributed by atoms with van der Waals surface area (Å²) in [4.78, 5) is 5.59. The molecule has 0 fully saturated rings. The maximum Gasteiger partial charge on any atom is 0.0416 e. The highest BCUT2D eigenvalue weighted by molar-refractivity contribution is 7.99. The monoisotopic (exact) mass is 301 g/mol. The van der Waals surface area contributed by atoms with E-state index in [0.29, 0.717) is 0 Å². The second-order valence-corrected chi connectivity index (χ2v) is 6.09. The number of rotatable bonds is 9. The molecule has 0 spiro atoms. The van der Waals surface area contributed by atoms with Crippen LogP contribution in [-0.2, 0) is 6.42 Å². The third-order valence-electron chi connectivity index (χ3n) is 3.18. The first-order valence-electron chi connectivity index (χ1n) is 7.38. The zero-order valence-electron chi connectivity index (χ0n) is 12.2. The van der Waals surface area contributed by atoms with Gasteiger partial charge >= 0.3 is 0 Å². The van der Waals surface area contributed by atoms with Crippen LogP contribution >= 0.6 is 11.8 Å². The standard InChI is InChI=1S/C17H23N3S/c18-15(14-21-17-7-2-1-3-8-17)9-12-19-13-10-16-6-4-5-11-20-16/h1-8,11,15,19H,9-10,12-14,18H2. The van der Waals surface area contributed by atoms with Crippen molar-refractivity contribution in [2.45, 2.75) is 23.8 Å². The number of benzene rings is 1. The number of aromatic nitrogens is 1. The molecule has 0 saturated heterocycles. The average molecular weight is 301 g/mol. The van der Waals surface area contributed by atoms with Crippen molar-refractivity contribution in [2.75, 3.05) is 18.8 Å². The SMILES string of the molecule is NC(CCNCCc1ccccn1)CSc1ccccc1. The van der Waals surface area contributed by atoms with Crippen molar-refractivity contribution in [3.63, 3.8) is 0 Å². The summed E-state index contributed by atoms with van der Waals surface area (Å²) < 4.78 is 0. The van der Waals surface area contributed by atoms with Crippen molar-refractivity contribution in [1.82, 2.24) is 10.3 Å². The minimum absolute atomic E-state index is 0.234. The van der Waals surface area contributed by atoms with E-state index in [9.17, 15) is 0 Å². The largest absolute Gasteiger partial charge is 0.327 e. The summed E-state index contributed by atoms with van der Waals surface area (Å²) in [5.74, 6) is 0.964. The lowest BCUT2D eigenvalue weighted by Crippen LogP contribution is -2.29. The van der Waals surface area contributed by atoms with Gasteiger partial charge in [0.2, 0.25) is 0 Å². The van der Waals surface area contributed by atoms with Crippen LogP contribution < -0.4 is 11.1 Å². The van der Waals surface area contributed by atoms with Crippen molar-refractivity contribution in [2.24, 2.45) is 5.73 Å². The molecule has 0 aliphatic heterocycles. The van der Waals surface area contributed by atoms with E-state index in [1.54, 1.807) is 0 Å². The van der Waals surface area contributed by atoms with E-state index in [1.165, 1.54) is 4.90 Å². The quantitative estimate of drug-likeness (QED) is 0.552. The van der Waals surface area contributed by atoms with Crippen molar-refractivity contribution in [3.05, 3.63) is 60.4 Å². The minimum Gasteiger partial charge on any atom is -0.327 e. The Labute approximate surface area is 131 Å². The number of nitrogens with one attached hydrogen (secondary N) is 1. The van der Waals surface area contributed by atoms with E-state index in [0.717, 1.165) is 37.4 Å². The summed E-state index contributed by atoms with van der Waals surface area (Å²) in [6, 6.07) is 16.7. The lowest BCUT2D eigenvalue weighted by Gasteiger charge is -2.11. The molecule has 1 atom stereocenters. The number of hydrogen-bond donors (Lipinski definition) is 2. The molecule has 1 aromatic heterocycles. The topological polar surface area (TPSA) is 50.9 Å². The number of nitrogens with zero attached hydrogens (tertiary/aromatic N) is 1. The van der Waals surface area contributed by atoms with Gasteiger partial charge in [0.05, 0.1) is 0 Å². The zero-order chi connectivity index (χ0) is 14.8. The second-order valence-electron chi connectivity index (χ2n) is 4.99. The fraction of sp³-hybridized carbons (Fsp3) is 0.353. The summed E-state index contributed by atoms with van der Waals surface area (Å²) in [5.41, 5.74) is 7.27. The van der Waals surface area contributed by atoms with Gasteiger partial charge in [-0.2, -0.15) is 0 Å². The van der Waals surface area contributed by atoms with Crippen molar-refractivity contribution >= 4 is 11.8 Å². The van der Waals surface area contributed by atoms with E-state index in [-0.39, 0.29) is 6.04 Å². The molecule has 112 valence electrons.